The zero-order valence-corrected chi connectivity index (χ0v) is 10.1. The molecule has 2 amide bonds. The van der Waals surface area contributed by atoms with Gasteiger partial charge in [0, 0.05) is 12.1 Å². The number of nitrogens with one attached hydrogen (secondary N) is 2. The molecule has 0 heterocycles. The number of amides is 2. The Bertz CT molecular complexity index is 260. The highest BCUT2D eigenvalue weighted by Crippen LogP contribution is 2.19. The lowest BCUT2D eigenvalue weighted by Crippen LogP contribution is -2.38. The van der Waals surface area contributed by atoms with Crippen molar-refractivity contribution in [2.24, 2.45) is 0 Å². The monoisotopic (exact) mass is 228 g/mol. The van der Waals surface area contributed by atoms with Gasteiger partial charge in [-0.1, -0.05) is 0 Å². The lowest BCUT2D eigenvalue weighted by Gasteiger charge is -2.21. The molecule has 1 saturated carbocycles. The predicted octanol–water partition coefficient (Wildman–Crippen LogP) is 1.18. The van der Waals surface area contributed by atoms with Crippen LogP contribution in [0.1, 0.15) is 40.0 Å². The van der Waals surface area contributed by atoms with Crippen LogP contribution in [-0.2, 0) is 9.53 Å². The van der Waals surface area contributed by atoms with Gasteiger partial charge < -0.3 is 15.4 Å². The van der Waals surface area contributed by atoms with Crippen molar-refractivity contribution in [1.29, 1.82) is 0 Å². The molecule has 0 spiro atoms. The molecule has 5 heteroatoms. The summed E-state index contributed by atoms with van der Waals surface area (Å²) < 4.78 is 5.15. The van der Waals surface area contributed by atoms with Gasteiger partial charge in [0.05, 0.1) is 0 Å². The smallest absolute Gasteiger partial charge is 0.407 e. The lowest BCUT2D eigenvalue weighted by molar-refractivity contribution is -0.110. The average molecular weight is 228 g/mol. The molecule has 0 unspecified atom stereocenters. The number of carbonyl (C=O) groups excluding carboxylic acids is 2. The minimum atomic E-state index is -0.469. The van der Waals surface area contributed by atoms with E-state index >= 15 is 0 Å². The van der Waals surface area contributed by atoms with Crippen LogP contribution in [0, 0.1) is 0 Å². The van der Waals surface area contributed by atoms with Crippen molar-refractivity contribution in [3.8, 4) is 0 Å². The van der Waals surface area contributed by atoms with Crippen LogP contribution in [0.3, 0.4) is 0 Å². The molecule has 5 nitrogen and oxygen atoms in total. The maximum atomic E-state index is 11.5. The molecule has 1 aliphatic rings. The van der Waals surface area contributed by atoms with Crippen molar-refractivity contribution in [2.75, 3.05) is 0 Å². The van der Waals surface area contributed by atoms with Gasteiger partial charge in [0.25, 0.3) is 0 Å². The molecule has 0 aromatic heterocycles. The van der Waals surface area contributed by atoms with Crippen LogP contribution in [0.4, 0.5) is 4.79 Å². The molecular formula is C11H20N2O3. The fourth-order valence-electron chi connectivity index (χ4n) is 1.83. The van der Waals surface area contributed by atoms with Crippen molar-refractivity contribution < 1.29 is 14.3 Å². The summed E-state index contributed by atoms with van der Waals surface area (Å²) in [5, 5.41) is 5.53. The predicted molar refractivity (Wildman–Crippen MR) is 60.0 cm³/mol. The van der Waals surface area contributed by atoms with E-state index in [0.29, 0.717) is 6.41 Å². The third-order valence-corrected chi connectivity index (χ3v) is 2.46. The molecule has 0 aliphatic heterocycles. The van der Waals surface area contributed by atoms with Crippen LogP contribution in [0.2, 0.25) is 0 Å². The first-order valence-electron chi connectivity index (χ1n) is 5.60. The Kier molecular flexibility index (Phi) is 4.15. The maximum absolute atomic E-state index is 11.5. The molecule has 1 fully saturated rings. The van der Waals surface area contributed by atoms with Crippen LogP contribution in [0.15, 0.2) is 0 Å². The number of hydrogen-bond acceptors (Lipinski definition) is 3. The molecule has 2 atom stereocenters. The second-order valence-electron chi connectivity index (χ2n) is 5.14. The number of carbonyl (C=O) groups is 2. The first-order valence-corrected chi connectivity index (χ1v) is 5.60. The summed E-state index contributed by atoms with van der Waals surface area (Å²) >= 11 is 0. The van der Waals surface area contributed by atoms with E-state index in [2.05, 4.69) is 10.6 Å². The Balaban J connectivity index is 2.28. The van der Waals surface area contributed by atoms with E-state index in [0.717, 1.165) is 19.3 Å². The van der Waals surface area contributed by atoms with E-state index in [-0.39, 0.29) is 18.2 Å². The van der Waals surface area contributed by atoms with Crippen molar-refractivity contribution in [3.05, 3.63) is 0 Å². The van der Waals surface area contributed by atoms with Gasteiger partial charge >= 0.3 is 6.09 Å². The topological polar surface area (TPSA) is 67.4 Å². The molecule has 1 rings (SSSR count). The minimum absolute atomic E-state index is 0.104. The Morgan fingerprint density at radius 1 is 1.31 bits per heavy atom. The second-order valence-corrected chi connectivity index (χ2v) is 5.14. The summed E-state index contributed by atoms with van der Waals surface area (Å²) in [5.41, 5.74) is -0.469. The fourth-order valence-corrected chi connectivity index (χ4v) is 1.83. The van der Waals surface area contributed by atoms with Crippen LogP contribution in [-0.4, -0.2) is 30.2 Å². The van der Waals surface area contributed by atoms with Crippen molar-refractivity contribution in [1.82, 2.24) is 10.6 Å². The van der Waals surface area contributed by atoms with Crippen molar-refractivity contribution in [3.63, 3.8) is 0 Å². The van der Waals surface area contributed by atoms with Gasteiger partial charge in [0.2, 0.25) is 6.41 Å². The Labute approximate surface area is 95.9 Å². The van der Waals surface area contributed by atoms with Crippen LogP contribution in [0.25, 0.3) is 0 Å². The molecule has 0 bridgehead atoms. The van der Waals surface area contributed by atoms with E-state index in [9.17, 15) is 9.59 Å². The highest BCUT2D eigenvalue weighted by atomic mass is 16.6. The second kappa shape index (κ2) is 5.18. The zero-order chi connectivity index (χ0) is 12.2. The first-order chi connectivity index (χ1) is 7.40. The van der Waals surface area contributed by atoms with E-state index in [1.165, 1.54) is 0 Å². The minimum Gasteiger partial charge on any atom is -0.444 e. The highest BCUT2D eigenvalue weighted by molar-refractivity contribution is 5.68. The van der Waals surface area contributed by atoms with Crippen LogP contribution < -0.4 is 10.6 Å². The molecule has 0 saturated heterocycles. The molecule has 1 aliphatic carbocycles. The lowest BCUT2D eigenvalue weighted by atomic mass is 10.2. The summed E-state index contributed by atoms with van der Waals surface area (Å²) in [6.07, 6.45) is 2.88. The normalized spacial score (nSPS) is 24.9. The Morgan fingerprint density at radius 2 is 1.94 bits per heavy atom. The van der Waals surface area contributed by atoms with Gasteiger partial charge in [-0.05, 0) is 40.0 Å². The third-order valence-electron chi connectivity index (χ3n) is 2.46. The summed E-state index contributed by atoms with van der Waals surface area (Å²) in [6.45, 7) is 5.49. The Morgan fingerprint density at radius 3 is 2.50 bits per heavy atom. The molecule has 16 heavy (non-hydrogen) atoms. The van der Waals surface area contributed by atoms with Gasteiger partial charge in [0.15, 0.2) is 0 Å². The molecule has 92 valence electrons. The molecule has 0 aromatic rings. The summed E-state index contributed by atoms with van der Waals surface area (Å²) in [4.78, 5) is 21.7. The van der Waals surface area contributed by atoms with Gasteiger partial charge in [0.1, 0.15) is 5.60 Å². The maximum Gasteiger partial charge on any atom is 0.407 e. The van der Waals surface area contributed by atoms with Gasteiger partial charge in [-0.25, -0.2) is 4.79 Å². The quantitative estimate of drug-likeness (QED) is 0.713. The van der Waals surface area contributed by atoms with E-state index in [1.807, 2.05) is 20.8 Å². The number of rotatable bonds is 3. The van der Waals surface area contributed by atoms with Gasteiger partial charge in [-0.3, -0.25) is 4.79 Å². The molecule has 2 N–H and O–H groups in total. The van der Waals surface area contributed by atoms with Gasteiger partial charge in [-0.2, -0.15) is 0 Å². The van der Waals surface area contributed by atoms with Gasteiger partial charge in [-0.15, -0.1) is 0 Å². The van der Waals surface area contributed by atoms with Crippen LogP contribution in [0.5, 0.6) is 0 Å². The highest BCUT2D eigenvalue weighted by Gasteiger charge is 2.27. The number of alkyl carbamates (subject to hydrolysis) is 1. The number of hydrogen-bond donors (Lipinski definition) is 2. The van der Waals surface area contributed by atoms with Crippen molar-refractivity contribution >= 4 is 12.5 Å². The summed E-state index contributed by atoms with van der Waals surface area (Å²) in [6, 6.07) is 0.282. The average Bonchev–Trinajstić information content (AvgIpc) is 2.49. The van der Waals surface area contributed by atoms with Crippen molar-refractivity contribution in [2.45, 2.75) is 57.7 Å². The molecule has 0 radical (unpaired) electrons. The van der Waals surface area contributed by atoms with E-state index < -0.39 is 5.60 Å². The standard InChI is InChI=1S/C11H20N2O3/c1-11(2,3)16-10(15)13-9-5-4-8(6-9)12-7-14/h7-9H,4-6H2,1-3H3,(H,12,14)(H,13,15)/t8-,9+/m1/s1. The Hall–Kier alpha value is -1.26. The van der Waals surface area contributed by atoms with E-state index in [1.54, 1.807) is 0 Å². The largest absolute Gasteiger partial charge is 0.444 e. The number of ether oxygens (including phenoxy) is 1. The van der Waals surface area contributed by atoms with Crippen LogP contribution >= 0.6 is 0 Å². The summed E-state index contributed by atoms with van der Waals surface area (Å²) in [7, 11) is 0. The third kappa shape index (κ3) is 4.51. The molecular weight excluding hydrogens is 208 g/mol. The SMILES string of the molecule is CC(C)(C)OC(=O)N[C@H]1CC[C@@H](NC=O)C1. The van der Waals surface area contributed by atoms with E-state index in [4.69, 9.17) is 4.74 Å². The fraction of sp³-hybridized carbons (Fsp3) is 0.818. The first kappa shape index (κ1) is 12.8. The zero-order valence-electron chi connectivity index (χ0n) is 10.1. The summed E-state index contributed by atoms with van der Waals surface area (Å²) in [5.74, 6) is 0. The molecule has 0 aromatic carbocycles.